The molecule has 1 aromatic heterocycles. The summed E-state index contributed by atoms with van der Waals surface area (Å²) in [5.41, 5.74) is 0.675. The van der Waals surface area contributed by atoms with Crippen molar-refractivity contribution < 1.29 is 19.1 Å². The molecule has 0 spiro atoms. The van der Waals surface area contributed by atoms with Gasteiger partial charge in [0, 0.05) is 24.8 Å². The van der Waals surface area contributed by atoms with E-state index in [4.69, 9.17) is 14.3 Å². The Labute approximate surface area is 87.0 Å². The summed E-state index contributed by atoms with van der Waals surface area (Å²) in [6, 6.07) is 1.99. The minimum atomic E-state index is -1.03. The van der Waals surface area contributed by atoms with Gasteiger partial charge in [-0.1, -0.05) is 0 Å². The molecule has 1 atom stereocenters. The predicted molar refractivity (Wildman–Crippen MR) is 51.7 cm³/mol. The van der Waals surface area contributed by atoms with Gasteiger partial charge in [-0.2, -0.15) is 0 Å². The van der Waals surface area contributed by atoms with Gasteiger partial charge in [-0.3, -0.25) is 0 Å². The molecule has 5 heteroatoms. The van der Waals surface area contributed by atoms with E-state index in [9.17, 15) is 4.79 Å². The highest BCUT2D eigenvalue weighted by Gasteiger charge is 2.18. The normalized spacial score (nSPS) is 20.7. The lowest BCUT2D eigenvalue weighted by atomic mass is 10.2. The third-order valence-electron chi connectivity index (χ3n) is 2.45. The molecular formula is C10H13NO4. The fourth-order valence-electron chi connectivity index (χ4n) is 1.61. The van der Waals surface area contributed by atoms with Crippen LogP contribution in [0.4, 0.5) is 0 Å². The fraction of sp³-hybridized carbons (Fsp3) is 0.500. The Balaban J connectivity index is 1.92. The Morgan fingerprint density at radius 3 is 3.20 bits per heavy atom. The summed E-state index contributed by atoms with van der Waals surface area (Å²) in [5.74, 6) is -1.01. The van der Waals surface area contributed by atoms with Crippen molar-refractivity contribution in [2.24, 2.45) is 0 Å². The molecule has 5 nitrogen and oxygen atoms in total. The largest absolute Gasteiger partial charge is 0.475 e. The van der Waals surface area contributed by atoms with Crippen LogP contribution in [0, 0.1) is 0 Å². The number of aromatic carboxylic acids is 1. The van der Waals surface area contributed by atoms with E-state index in [0.29, 0.717) is 24.8 Å². The molecule has 1 unspecified atom stereocenters. The molecule has 1 aliphatic heterocycles. The lowest BCUT2D eigenvalue weighted by Gasteiger charge is -2.09. The van der Waals surface area contributed by atoms with Crippen molar-refractivity contribution in [3.63, 3.8) is 0 Å². The smallest absolute Gasteiger partial charge is 0.372 e. The van der Waals surface area contributed by atoms with Gasteiger partial charge >= 0.3 is 5.97 Å². The highest BCUT2D eigenvalue weighted by Crippen LogP contribution is 2.11. The van der Waals surface area contributed by atoms with E-state index in [-0.39, 0.29) is 5.76 Å². The Morgan fingerprint density at radius 2 is 2.53 bits per heavy atom. The number of carboxylic acid groups (broad SMARTS) is 1. The molecular weight excluding hydrogens is 198 g/mol. The van der Waals surface area contributed by atoms with Crippen molar-refractivity contribution in [3.8, 4) is 0 Å². The van der Waals surface area contributed by atoms with E-state index in [0.717, 1.165) is 13.0 Å². The lowest BCUT2D eigenvalue weighted by Crippen LogP contribution is -2.28. The molecule has 0 saturated carbocycles. The van der Waals surface area contributed by atoms with Crippen LogP contribution in [0.3, 0.4) is 0 Å². The summed E-state index contributed by atoms with van der Waals surface area (Å²) in [7, 11) is 0. The average Bonchev–Trinajstić information content (AvgIpc) is 2.86. The molecule has 0 aliphatic carbocycles. The highest BCUT2D eigenvalue weighted by atomic mass is 16.5. The van der Waals surface area contributed by atoms with E-state index in [1.807, 2.05) is 0 Å². The van der Waals surface area contributed by atoms with Crippen molar-refractivity contribution >= 4 is 5.97 Å². The third kappa shape index (κ3) is 2.37. The van der Waals surface area contributed by atoms with Crippen LogP contribution < -0.4 is 5.32 Å². The Bertz CT molecular complexity index is 341. The van der Waals surface area contributed by atoms with E-state index in [1.165, 1.54) is 6.26 Å². The first-order valence-corrected chi connectivity index (χ1v) is 4.88. The Kier molecular flexibility index (Phi) is 3.03. The molecule has 1 fully saturated rings. The second kappa shape index (κ2) is 4.46. The number of carboxylic acids is 1. The molecule has 1 aliphatic rings. The topological polar surface area (TPSA) is 71.7 Å². The second-order valence-electron chi connectivity index (χ2n) is 3.52. The van der Waals surface area contributed by atoms with Gasteiger partial charge < -0.3 is 19.6 Å². The van der Waals surface area contributed by atoms with Crippen LogP contribution >= 0.6 is 0 Å². The third-order valence-corrected chi connectivity index (χ3v) is 2.45. The van der Waals surface area contributed by atoms with Crippen molar-refractivity contribution in [1.82, 2.24) is 5.32 Å². The number of carbonyl (C=O) groups is 1. The first-order chi connectivity index (χ1) is 7.27. The Morgan fingerprint density at radius 1 is 1.67 bits per heavy atom. The molecule has 2 N–H and O–H groups in total. The molecule has 1 saturated heterocycles. The number of hydrogen-bond donors (Lipinski definition) is 2. The second-order valence-corrected chi connectivity index (χ2v) is 3.52. The van der Waals surface area contributed by atoms with Gasteiger partial charge in [0.05, 0.1) is 12.9 Å². The van der Waals surface area contributed by atoms with Crippen molar-refractivity contribution in [2.75, 3.05) is 13.2 Å². The van der Waals surface area contributed by atoms with Gasteiger partial charge in [-0.05, 0) is 12.5 Å². The lowest BCUT2D eigenvalue weighted by molar-refractivity contribution is 0.0660. The summed E-state index contributed by atoms with van der Waals surface area (Å²) in [5, 5.41) is 12.0. The standard InChI is InChI=1S/C10H13NO4/c12-10(13)9-7(1-4-15-9)5-11-8-2-3-14-6-8/h1,4,8,11H,2-3,5-6H2,(H,12,13). The van der Waals surface area contributed by atoms with E-state index in [2.05, 4.69) is 5.32 Å². The van der Waals surface area contributed by atoms with E-state index in [1.54, 1.807) is 6.07 Å². The molecule has 0 aromatic carbocycles. The van der Waals surface area contributed by atoms with Crippen molar-refractivity contribution in [2.45, 2.75) is 19.0 Å². The number of hydrogen-bond acceptors (Lipinski definition) is 4. The number of nitrogens with one attached hydrogen (secondary N) is 1. The monoisotopic (exact) mass is 211 g/mol. The van der Waals surface area contributed by atoms with Crippen molar-refractivity contribution in [1.29, 1.82) is 0 Å². The number of rotatable bonds is 4. The summed E-state index contributed by atoms with van der Waals surface area (Å²) in [6.45, 7) is 1.97. The maximum absolute atomic E-state index is 10.7. The van der Waals surface area contributed by atoms with Gasteiger partial charge in [0.2, 0.25) is 5.76 Å². The highest BCUT2D eigenvalue weighted by molar-refractivity contribution is 5.86. The number of ether oxygens (including phenoxy) is 1. The van der Waals surface area contributed by atoms with Gasteiger partial charge in [0.25, 0.3) is 0 Å². The van der Waals surface area contributed by atoms with E-state index >= 15 is 0 Å². The quantitative estimate of drug-likeness (QED) is 0.772. The van der Waals surface area contributed by atoms with Gasteiger partial charge in [0.1, 0.15) is 0 Å². The average molecular weight is 211 g/mol. The van der Waals surface area contributed by atoms with Crippen LogP contribution in [0.1, 0.15) is 22.5 Å². The minimum absolute atomic E-state index is 0.0152. The molecule has 15 heavy (non-hydrogen) atoms. The zero-order valence-corrected chi connectivity index (χ0v) is 8.23. The zero-order valence-electron chi connectivity index (χ0n) is 8.23. The molecule has 0 amide bonds. The van der Waals surface area contributed by atoms with Crippen LogP contribution in [0.5, 0.6) is 0 Å². The first-order valence-electron chi connectivity index (χ1n) is 4.88. The predicted octanol–water partition coefficient (Wildman–Crippen LogP) is 0.856. The summed E-state index contributed by atoms with van der Waals surface area (Å²) in [6.07, 6.45) is 2.37. The number of furan rings is 1. The summed E-state index contributed by atoms with van der Waals surface area (Å²) in [4.78, 5) is 10.7. The molecule has 2 heterocycles. The summed E-state index contributed by atoms with van der Waals surface area (Å²) >= 11 is 0. The maximum atomic E-state index is 10.7. The first kappa shape index (κ1) is 10.2. The SMILES string of the molecule is O=C(O)c1occc1CNC1CCOC1. The van der Waals surface area contributed by atoms with Crippen molar-refractivity contribution in [3.05, 3.63) is 23.7 Å². The molecule has 0 bridgehead atoms. The van der Waals surface area contributed by atoms with Crippen LogP contribution in [-0.2, 0) is 11.3 Å². The van der Waals surface area contributed by atoms with Gasteiger partial charge in [0.15, 0.2) is 0 Å². The van der Waals surface area contributed by atoms with Crippen LogP contribution in [0.2, 0.25) is 0 Å². The van der Waals surface area contributed by atoms with Gasteiger partial charge in [-0.15, -0.1) is 0 Å². The molecule has 82 valence electrons. The Hall–Kier alpha value is -1.33. The maximum Gasteiger partial charge on any atom is 0.372 e. The van der Waals surface area contributed by atoms with Crippen LogP contribution in [0.15, 0.2) is 16.7 Å². The van der Waals surface area contributed by atoms with E-state index < -0.39 is 5.97 Å². The minimum Gasteiger partial charge on any atom is -0.475 e. The van der Waals surface area contributed by atoms with Gasteiger partial charge in [-0.25, -0.2) is 4.79 Å². The summed E-state index contributed by atoms with van der Waals surface area (Å²) < 4.78 is 10.1. The van der Waals surface area contributed by atoms with Crippen LogP contribution in [0.25, 0.3) is 0 Å². The molecule has 0 radical (unpaired) electrons. The zero-order chi connectivity index (χ0) is 10.7. The molecule has 1 aromatic rings. The molecule has 2 rings (SSSR count). The fourth-order valence-corrected chi connectivity index (χ4v) is 1.61. The van der Waals surface area contributed by atoms with Crippen LogP contribution in [-0.4, -0.2) is 30.3 Å².